The molecule has 9 nitrogen and oxygen atoms in total. The van der Waals surface area contributed by atoms with Crippen molar-refractivity contribution in [2.45, 2.75) is 13.3 Å². The largest absolute Gasteiger partial charge is 0.481 e. The molecule has 0 aromatic heterocycles. The van der Waals surface area contributed by atoms with Crippen molar-refractivity contribution in [3.8, 4) is 0 Å². The average molecular weight is 269 g/mol. The molecule has 0 atom stereocenters. The fourth-order valence-corrected chi connectivity index (χ4v) is 1.51. The van der Waals surface area contributed by atoms with E-state index in [1.807, 2.05) is 0 Å². The molecular weight excluding hydrogens is 258 g/mol. The molecule has 0 radical (unpaired) electrons. The maximum absolute atomic E-state index is 10.9. The lowest BCUT2D eigenvalue weighted by Crippen LogP contribution is -2.10. The Balaban J connectivity index is 3.19. The third-order valence-corrected chi connectivity index (χ3v) is 2.28. The minimum atomic E-state index is -1.11. The second-order valence-electron chi connectivity index (χ2n) is 3.76. The van der Waals surface area contributed by atoms with Crippen molar-refractivity contribution in [3.05, 3.63) is 37.9 Å². The summed E-state index contributed by atoms with van der Waals surface area (Å²) in [4.78, 5) is 30.6. The van der Waals surface area contributed by atoms with Crippen LogP contribution in [0.5, 0.6) is 0 Å². The van der Waals surface area contributed by atoms with E-state index in [-0.39, 0.29) is 18.7 Å². The van der Waals surface area contributed by atoms with Crippen LogP contribution in [0.25, 0.3) is 0 Å². The van der Waals surface area contributed by atoms with Crippen molar-refractivity contribution >= 4 is 23.0 Å². The Morgan fingerprint density at radius 1 is 1.26 bits per heavy atom. The molecule has 2 N–H and O–H groups in total. The second kappa shape index (κ2) is 5.76. The lowest BCUT2D eigenvalue weighted by atomic mass is 10.1. The zero-order chi connectivity index (χ0) is 14.6. The van der Waals surface area contributed by atoms with Crippen LogP contribution in [0.3, 0.4) is 0 Å². The van der Waals surface area contributed by atoms with Crippen LogP contribution in [0.2, 0.25) is 0 Å². The predicted molar refractivity (Wildman–Crippen MR) is 65.2 cm³/mol. The number of aliphatic carboxylic acids is 1. The molecule has 0 aliphatic heterocycles. The lowest BCUT2D eigenvalue weighted by molar-refractivity contribution is -0.392. The number of nitro groups is 2. The summed E-state index contributed by atoms with van der Waals surface area (Å²) in [5.74, 6) is -1.11. The molecule has 1 aromatic carbocycles. The number of rotatable bonds is 6. The van der Waals surface area contributed by atoms with Crippen LogP contribution in [0.4, 0.5) is 17.1 Å². The summed E-state index contributed by atoms with van der Waals surface area (Å²) in [5, 5.41) is 32.7. The molecule has 9 heteroatoms. The fourth-order valence-electron chi connectivity index (χ4n) is 1.51. The standard InChI is InChI=1S/C10H11N3O6/c1-6-4-7(12(16)17)10(8(5-6)13(18)19)11-3-2-9(14)15/h4-5,11H,2-3H2,1H3,(H,14,15). The van der Waals surface area contributed by atoms with Gasteiger partial charge in [0.2, 0.25) is 0 Å². The SMILES string of the molecule is Cc1cc([N+](=O)[O-])c(NCCC(=O)O)c([N+](=O)[O-])c1. The van der Waals surface area contributed by atoms with Crippen molar-refractivity contribution < 1.29 is 19.7 Å². The maximum Gasteiger partial charge on any atom is 0.305 e. The first kappa shape index (κ1) is 14.4. The van der Waals surface area contributed by atoms with Crippen LogP contribution in [0.15, 0.2) is 12.1 Å². The molecule has 0 saturated carbocycles. The summed E-state index contributed by atoms with van der Waals surface area (Å²) in [5.41, 5.74) is -0.793. The third kappa shape index (κ3) is 3.63. The number of anilines is 1. The molecule has 0 fully saturated rings. The highest BCUT2D eigenvalue weighted by Crippen LogP contribution is 2.35. The minimum absolute atomic E-state index is 0.139. The van der Waals surface area contributed by atoms with Crippen LogP contribution >= 0.6 is 0 Å². The van der Waals surface area contributed by atoms with Crippen LogP contribution in [-0.4, -0.2) is 27.5 Å². The van der Waals surface area contributed by atoms with E-state index < -0.39 is 27.2 Å². The molecule has 0 amide bonds. The van der Waals surface area contributed by atoms with Gasteiger partial charge < -0.3 is 10.4 Å². The zero-order valence-electron chi connectivity index (χ0n) is 9.95. The molecule has 0 spiro atoms. The van der Waals surface area contributed by atoms with Gasteiger partial charge in [0.25, 0.3) is 11.4 Å². The molecule has 19 heavy (non-hydrogen) atoms. The average Bonchev–Trinajstić information content (AvgIpc) is 2.29. The van der Waals surface area contributed by atoms with Gasteiger partial charge in [-0.3, -0.25) is 25.0 Å². The normalized spacial score (nSPS) is 9.95. The van der Waals surface area contributed by atoms with E-state index in [4.69, 9.17) is 5.11 Å². The lowest BCUT2D eigenvalue weighted by Gasteiger charge is -2.07. The van der Waals surface area contributed by atoms with E-state index in [1.165, 1.54) is 19.1 Å². The number of carboxylic acids is 1. The van der Waals surface area contributed by atoms with Gasteiger partial charge in [0.15, 0.2) is 5.69 Å². The summed E-state index contributed by atoms with van der Waals surface area (Å²) in [6.07, 6.45) is -0.303. The molecule has 0 saturated heterocycles. The van der Waals surface area contributed by atoms with Gasteiger partial charge in [0.1, 0.15) is 0 Å². The number of carbonyl (C=O) groups is 1. The van der Waals surface area contributed by atoms with Gasteiger partial charge in [0.05, 0.1) is 16.3 Å². The fraction of sp³-hybridized carbons (Fsp3) is 0.300. The molecule has 102 valence electrons. The second-order valence-corrected chi connectivity index (χ2v) is 3.76. The van der Waals surface area contributed by atoms with Gasteiger partial charge in [-0.15, -0.1) is 0 Å². The highest BCUT2D eigenvalue weighted by molar-refractivity contribution is 5.75. The van der Waals surface area contributed by atoms with Gasteiger partial charge in [-0.05, 0) is 12.5 Å². The third-order valence-electron chi connectivity index (χ3n) is 2.28. The predicted octanol–water partition coefficient (Wildman–Crippen LogP) is 1.70. The van der Waals surface area contributed by atoms with E-state index in [0.29, 0.717) is 5.56 Å². The van der Waals surface area contributed by atoms with Crippen LogP contribution in [0.1, 0.15) is 12.0 Å². The monoisotopic (exact) mass is 269 g/mol. The summed E-state index contributed by atoms with van der Waals surface area (Å²) < 4.78 is 0. The number of hydrogen-bond donors (Lipinski definition) is 2. The summed E-state index contributed by atoms with van der Waals surface area (Å²) in [6, 6.07) is 2.38. The van der Waals surface area contributed by atoms with Gasteiger partial charge in [0, 0.05) is 18.7 Å². The van der Waals surface area contributed by atoms with Gasteiger partial charge >= 0.3 is 5.97 Å². The molecule has 0 aliphatic rings. The molecule has 0 bridgehead atoms. The molecule has 1 aromatic rings. The number of nitrogens with one attached hydrogen (secondary N) is 1. The van der Waals surface area contributed by atoms with E-state index in [1.54, 1.807) is 0 Å². The number of benzene rings is 1. The van der Waals surface area contributed by atoms with E-state index >= 15 is 0 Å². The Kier molecular flexibility index (Phi) is 4.35. The van der Waals surface area contributed by atoms with Crippen molar-refractivity contribution in [2.75, 3.05) is 11.9 Å². The summed E-state index contributed by atoms with van der Waals surface area (Å²) in [6.45, 7) is 1.36. The molecule has 1 rings (SSSR count). The summed E-state index contributed by atoms with van der Waals surface area (Å²) >= 11 is 0. The molecule has 0 unspecified atom stereocenters. The zero-order valence-corrected chi connectivity index (χ0v) is 9.95. The molecular formula is C10H11N3O6. The van der Waals surface area contributed by atoms with Crippen molar-refractivity contribution in [1.82, 2.24) is 0 Å². The summed E-state index contributed by atoms with van der Waals surface area (Å²) in [7, 11) is 0. The first-order chi connectivity index (χ1) is 8.82. The number of hydrogen-bond acceptors (Lipinski definition) is 6. The van der Waals surface area contributed by atoms with Crippen LogP contribution in [-0.2, 0) is 4.79 Å². The van der Waals surface area contributed by atoms with Gasteiger partial charge in [-0.2, -0.15) is 0 Å². The van der Waals surface area contributed by atoms with Crippen molar-refractivity contribution in [2.24, 2.45) is 0 Å². The van der Waals surface area contributed by atoms with Crippen LogP contribution in [0, 0.1) is 27.2 Å². The quantitative estimate of drug-likeness (QED) is 0.592. The Morgan fingerprint density at radius 2 is 1.74 bits per heavy atom. The van der Waals surface area contributed by atoms with Crippen molar-refractivity contribution in [3.63, 3.8) is 0 Å². The van der Waals surface area contributed by atoms with Crippen molar-refractivity contribution in [1.29, 1.82) is 0 Å². The number of carboxylic acid groups (broad SMARTS) is 1. The van der Waals surface area contributed by atoms with Gasteiger partial charge in [-0.1, -0.05) is 0 Å². The van der Waals surface area contributed by atoms with E-state index in [2.05, 4.69) is 5.32 Å². The van der Waals surface area contributed by atoms with Gasteiger partial charge in [-0.25, -0.2) is 0 Å². The Hall–Kier alpha value is -2.71. The first-order valence-corrected chi connectivity index (χ1v) is 5.22. The Bertz CT molecular complexity index is 507. The van der Waals surface area contributed by atoms with E-state index in [9.17, 15) is 25.0 Å². The molecule has 0 aliphatic carbocycles. The number of aryl methyl sites for hydroxylation is 1. The minimum Gasteiger partial charge on any atom is -0.481 e. The number of nitro benzene ring substituents is 2. The molecule has 0 heterocycles. The highest BCUT2D eigenvalue weighted by Gasteiger charge is 2.25. The van der Waals surface area contributed by atoms with Crippen LogP contribution < -0.4 is 5.32 Å². The Labute approximate surface area is 107 Å². The smallest absolute Gasteiger partial charge is 0.305 e. The topological polar surface area (TPSA) is 136 Å². The Morgan fingerprint density at radius 3 is 2.11 bits per heavy atom. The number of nitrogens with zero attached hydrogens (tertiary/aromatic N) is 2. The van der Waals surface area contributed by atoms with E-state index in [0.717, 1.165) is 0 Å². The first-order valence-electron chi connectivity index (χ1n) is 5.22. The maximum atomic E-state index is 10.9. The highest BCUT2D eigenvalue weighted by atomic mass is 16.6.